The minimum atomic E-state index is -0.124. The Hall–Kier alpha value is -1.52. The van der Waals surface area contributed by atoms with Crippen LogP contribution in [-0.2, 0) is 4.79 Å². The molecule has 0 fully saturated rings. The average molecular weight is 311 g/mol. The number of rotatable bonds is 5. The first-order chi connectivity index (χ1) is 9.54. The predicted octanol–water partition coefficient (Wildman–Crippen LogP) is 3.33. The van der Waals surface area contributed by atoms with Gasteiger partial charge in [0.05, 0.1) is 6.04 Å². The van der Waals surface area contributed by atoms with Gasteiger partial charge >= 0.3 is 0 Å². The molecule has 0 aliphatic rings. The van der Waals surface area contributed by atoms with Crippen LogP contribution in [0, 0.1) is 12.8 Å². The van der Waals surface area contributed by atoms with Gasteiger partial charge in [0.2, 0.25) is 5.91 Å². The van der Waals surface area contributed by atoms with E-state index in [0.717, 1.165) is 22.3 Å². The van der Waals surface area contributed by atoms with E-state index in [1.807, 2.05) is 31.2 Å². The van der Waals surface area contributed by atoms with Crippen molar-refractivity contribution >= 4 is 29.3 Å². The number of nitrogens with two attached hydrogens (primary N) is 1. The monoisotopic (exact) mass is 310 g/mol. The van der Waals surface area contributed by atoms with Gasteiger partial charge in [-0.25, -0.2) is 0 Å². The summed E-state index contributed by atoms with van der Waals surface area (Å²) in [4.78, 5) is 11.8. The molecule has 5 heteroatoms. The number of halogens is 1. The third-order valence-electron chi connectivity index (χ3n) is 3.52. The zero-order chi connectivity index (χ0) is 14.7. The minimum Gasteiger partial charge on any atom is -0.459 e. The number of para-hydroxylation sites is 1. The Morgan fingerprint density at radius 3 is 2.57 bits per heavy atom. The molecule has 4 nitrogen and oxygen atoms in total. The molecule has 1 heterocycles. The van der Waals surface area contributed by atoms with Crippen LogP contribution in [-0.4, -0.2) is 12.5 Å². The third-order valence-corrected chi connectivity index (χ3v) is 3.52. The highest BCUT2D eigenvalue weighted by molar-refractivity contribution is 5.85. The van der Waals surface area contributed by atoms with Crippen molar-refractivity contribution in [2.75, 3.05) is 6.54 Å². The van der Waals surface area contributed by atoms with Gasteiger partial charge in [0.25, 0.3) is 0 Å². The van der Waals surface area contributed by atoms with Crippen LogP contribution < -0.4 is 11.1 Å². The highest BCUT2D eigenvalue weighted by Crippen LogP contribution is 2.32. The molecule has 2 aromatic rings. The van der Waals surface area contributed by atoms with Crippen LogP contribution in [0.1, 0.15) is 37.6 Å². The number of benzene rings is 1. The standard InChI is InChI=1S/C16H22N2O2.ClH/c1-10(2)15(18-14(19)8-9-17)16-11(3)12-6-4-5-7-13(12)20-16;/h4-7,10,15H,8-9,17H2,1-3H3,(H,18,19);1H. The molecule has 116 valence electrons. The smallest absolute Gasteiger partial charge is 0.221 e. The maximum atomic E-state index is 11.8. The summed E-state index contributed by atoms with van der Waals surface area (Å²) in [6.45, 7) is 6.53. The molecule has 1 amide bonds. The minimum absolute atomic E-state index is 0. The summed E-state index contributed by atoms with van der Waals surface area (Å²) in [6.07, 6.45) is 0.336. The van der Waals surface area contributed by atoms with E-state index in [9.17, 15) is 4.79 Å². The molecule has 0 bridgehead atoms. The fraction of sp³-hybridized carbons (Fsp3) is 0.438. The Bertz CT molecular complexity index is 607. The first kappa shape index (κ1) is 17.5. The Balaban J connectivity index is 0.00000220. The lowest BCUT2D eigenvalue weighted by molar-refractivity contribution is -0.122. The van der Waals surface area contributed by atoms with Gasteiger partial charge in [-0.15, -0.1) is 12.4 Å². The number of aryl methyl sites for hydroxylation is 1. The summed E-state index contributed by atoms with van der Waals surface area (Å²) in [5, 5.41) is 4.12. The van der Waals surface area contributed by atoms with Gasteiger partial charge in [-0.05, 0) is 18.9 Å². The lowest BCUT2D eigenvalue weighted by atomic mass is 9.98. The number of nitrogens with one attached hydrogen (secondary N) is 1. The number of hydrogen-bond acceptors (Lipinski definition) is 3. The summed E-state index contributed by atoms with van der Waals surface area (Å²) in [5.41, 5.74) is 7.38. The first-order valence-corrected chi connectivity index (χ1v) is 7.02. The highest BCUT2D eigenvalue weighted by atomic mass is 35.5. The highest BCUT2D eigenvalue weighted by Gasteiger charge is 2.24. The largest absolute Gasteiger partial charge is 0.459 e. The van der Waals surface area contributed by atoms with Gasteiger partial charge in [0, 0.05) is 23.9 Å². The van der Waals surface area contributed by atoms with E-state index in [0.29, 0.717) is 13.0 Å². The number of amides is 1. The van der Waals surface area contributed by atoms with Crippen molar-refractivity contribution in [2.24, 2.45) is 11.7 Å². The van der Waals surface area contributed by atoms with Crippen molar-refractivity contribution in [2.45, 2.75) is 33.2 Å². The molecule has 0 aliphatic heterocycles. The van der Waals surface area contributed by atoms with Crippen LogP contribution >= 0.6 is 12.4 Å². The van der Waals surface area contributed by atoms with E-state index in [2.05, 4.69) is 19.2 Å². The Morgan fingerprint density at radius 2 is 2.00 bits per heavy atom. The molecule has 2 rings (SSSR count). The van der Waals surface area contributed by atoms with Crippen LogP contribution in [0.3, 0.4) is 0 Å². The molecule has 1 unspecified atom stereocenters. The fourth-order valence-electron chi connectivity index (χ4n) is 2.40. The van der Waals surface area contributed by atoms with E-state index in [-0.39, 0.29) is 30.3 Å². The van der Waals surface area contributed by atoms with Crippen LogP contribution in [0.15, 0.2) is 28.7 Å². The normalized spacial score (nSPS) is 12.2. The number of carbonyl (C=O) groups is 1. The van der Waals surface area contributed by atoms with Crippen molar-refractivity contribution in [3.63, 3.8) is 0 Å². The molecule has 1 atom stereocenters. The van der Waals surface area contributed by atoms with Crippen LogP contribution in [0.5, 0.6) is 0 Å². The second kappa shape index (κ2) is 7.48. The molecule has 0 saturated heterocycles. The van der Waals surface area contributed by atoms with Crippen molar-refractivity contribution in [1.29, 1.82) is 0 Å². The van der Waals surface area contributed by atoms with E-state index in [4.69, 9.17) is 10.2 Å². The average Bonchev–Trinajstić information content (AvgIpc) is 2.74. The predicted molar refractivity (Wildman–Crippen MR) is 87.6 cm³/mol. The Labute approximate surface area is 131 Å². The van der Waals surface area contributed by atoms with E-state index < -0.39 is 0 Å². The summed E-state index contributed by atoms with van der Waals surface area (Å²) >= 11 is 0. The zero-order valence-electron chi connectivity index (χ0n) is 12.7. The summed E-state index contributed by atoms with van der Waals surface area (Å²) < 4.78 is 5.96. The lowest BCUT2D eigenvalue weighted by Crippen LogP contribution is -2.33. The molecule has 3 N–H and O–H groups in total. The van der Waals surface area contributed by atoms with E-state index in [1.54, 1.807) is 0 Å². The molecule has 1 aromatic heterocycles. The second-order valence-electron chi connectivity index (χ2n) is 5.42. The molecular weight excluding hydrogens is 288 g/mol. The number of carbonyl (C=O) groups excluding carboxylic acids is 1. The quantitative estimate of drug-likeness (QED) is 0.890. The fourth-order valence-corrected chi connectivity index (χ4v) is 2.40. The van der Waals surface area contributed by atoms with Gasteiger partial charge < -0.3 is 15.5 Å². The Morgan fingerprint density at radius 1 is 1.33 bits per heavy atom. The number of hydrogen-bond donors (Lipinski definition) is 2. The van der Waals surface area contributed by atoms with E-state index in [1.165, 1.54) is 0 Å². The van der Waals surface area contributed by atoms with Gasteiger partial charge in [0.1, 0.15) is 11.3 Å². The molecule has 21 heavy (non-hydrogen) atoms. The molecule has 0 aliphatic carbocycles. The van der Waals surface area contributed by atoms with Crippen LogP contribution in [0.2, 0.25) is 0 Å². The van der Waals surface area contributed by atoms with Gasteiger partial charge in [0.15, 0.2) is 0 Å². The SMILES string of the molecule is Cc1c(C(NC(=O)CCN)C(C)C)oc2ccccc12.Cl. The summed E-state index contributed by atoms with van der Waals surface area (Å²) in [7, 11) is 0. The third kappa shape index (κ3) is 3.77. The lowest BCUT2D eigenvalue weighted by Gasteiger charge is -2.21. The maximum absolute atomic E-state index is 11.8. The van der Waals surface area contributed by atoms with Crippen molar-refractivity contribution in [1.82, 2.24) is 5.32 Å². The molecular formula is C16H23ClN2O2. The Kier molecular flexibility index (Phi) is 6.24. The number of fused-ring (bicyclic) bond motifs is 1. The molecule has 1 aromatic carbocycles. The van der Waals surface area contributed by atoms with Crippen LogP contribution in [0.25, 0.3) is 11.0 Å². The zero-order valence-corrected chi connectivity index (χ0v) is 13.5. The van der Waals surface area contributed by atoms with E-state index >= 15 is 0 Å². The number of furan rings is 1. The topological polar surface area (TPSA) is 68.3 Å². The van der Waals surface area contributed by atoms with Gasteiger partial charge in [-0.3, -0.25) is 4.79 Å². The van der Waals surface area contributed by atoms with Crippen LogP contribution in [0.4, 0.5) is 0 Å². The molecule has 0 saturated carbocycles. The molecule has 0 spiro atoms. The maximum Gasteiger partial charge on any atom is 0.221 e. The molecule has 0 radical (unpaired) electrons. The van der Waals surface area contributed by atoms with Gasteiger partial charge in [-0.2, -0.15) is 0 Å². The second-order valence-corrected chi connectivity index (χ2v) is 5.42. The van der Waals surface area contributed by atoms with Gasteiger partial charge in [-0.1, -0.05) is 32.0 Å². The van der Waals surface area contributed by atoms with Crippen molar-refractivity contribution in [3.8, 4) is 0 Å². The summed E-state index contributed by atoms with van der Waals surface area (Å²) in [5.74, 6) is 1.05. The first-order valence-electron chi connectivity index (χ1n) is 7.02. The van der Waals surface area contributed by atoms with Crippen molar-refractivity contribution in [3.05, 3.63) is 35.6 Å². The summed E-state index contributed by atoms with van der Waals surface area (Å²) in [6, 6.07) is 7.81. The van der Waals surface area contributed by atoms with Crippen molar-refractivity contribution < 1.29 is 9.21 Å².